The third-order valence-electron chi connectivity index (χ3n) is 2.52. The fourth-order valence-corrected chi connectivity index (χ4v) is 1.97. The predicted octanol–water partition coefficient (Wildman–Crippen LogP) is 0.615. The molecule has 1 heterocycles. The zero-order valence-electron chi connectivity index (χ0n) is 8.87. The summed E-state index contributed by atoms with van der Waals surface area (Å²) >= 11 is 1.98. The van der Waals surface area contributed by atoms with Crippen molar-refractivity contribution in [2.45, 2.75) is 12.5 Å². The lowest BCUT2D eigenvalue weighted by Crippen LogP contribution is -2.36. The van der Waals surface area contributed by atoms with E-state index in [1.54, 1.807) is 12.1 Å². The highest BCUT2D eigenvalue weighted by atomic mass is 127. The van der Waals surface area contributed by atoms with Crippen molar-refractivity contribution in [3.05, 3.63) is 27.3 Å². The summed E-state index contributed by atoms with van der Waals surface area (Å²) in [6, 6.07) is 4.56. The van der Waals surface area contributed by atoms with Crippen molar-refractivity contribution in [3.63, 3.8) is 0 Å². The number of rotatable bonds is 2. The number of carbonyl (C=O) groups excluding carboxylic acids is 2. The first kappa shape index (κ1) is 12.2. The molecule has 0 aromatic heterocycles. The monoisotopic (exact) mass is 346 g/mol. The number of hydrogen-bond donors (Lipinski definition) is 3. The zero-order valence-corrected chi connectivity index (χ0v) is 11.0. The van der Waals surface area contributed by atoms with Crippen LogP contribution in [0.5, 0.6) is 5.75 Å². The zero-order chi connectivity index (χ0) is 12.4. The van der Waals surface area contributed by atoms with E-state index in [0.29, 0.717) is 22.1 Å². The highest BCUT2D eigenvalue weighted by Crippen LogP contribution is 2.20. The molecule has 1 saturated heterocycles. The standard InChI is InChI=1S/C11H11IN2O3/c12-8-2-1-6(3-9(8)15)11(17)14-7-4-10(16)13-5-7/h1-3,7,15H,4-5H2,(H,13,16)(H,14,17). The largest absolute Gasteiger partial charge is 0.507 e. The van der Waals surface area contributed by atoms with Gasteiger partial charge < -0.3 is 15.7 Å². The van der Waals surface area contributed by atoms with Crippen molar-refractivity contribution >= 4 is 34.4 Å². The highest BCUT2D eigenvalue weighted by molar-refractivity contribution is 14.1. The summed E-state index contributed by atoms with van der Waals surface area (Å²) in [5.74, 6) is -0.252. The Kier molecular flexibility index (Phi) is 3.51. The normalized spacial score (nSPS) is 18.9. The second-order valence-electron chi connectivity index (χ2n) is 3.84. The van der Waals surface area contributed by atoms with Gasteiger partial charge in [-0.25, -0.2) is 0 Å². The maximum absolute atomic E-state index is 11.8. The lowest BCUT2D eigenvalue weighted by Gasteiger charge is -2.10. The summed E-state index contributed by atoms with van der Waals surface area (Å²) in [6.45, 7) is 0.459. The summed E-state index contributed by atoms with van der Waals surface area (Å²) in [7, 11) is 0. The lowest BCUT2D eigenvalue weighted by molar-refractivity contribution is -0.119. The number of hydrogen-bond acceptors (Lipinski definition) is 3. The van der Waals surface area contributed by atoms with Crippen LogP contribution < -0.4 is 10.6 Å². The molecule has 6 heteroatoms. The molecule has 1 atom stereocenters. The van der Waals surface area contributed by atoms with Gasteiger partial charge in [0.05, 0.1) is 9.61 Å². The minimum absolute atomic E-state index is 0.0549. The number of carbonyl (C=O) groups is 2. The molecule has 0 spiro atoms. The Hall–Kier alpha value is -1.31. The molecule has 1 aliphatic heterocycles. The van der Waals surface area contributed by atoms with Crippen molar-refractivity contribution in [2.75, 3.05) is 6.54 Å². The third kappa shape index (κ3) is 2.87. The molecule has 1 aromatic carbocycles. The van der Waals surface area contributed by atoms with Gasteiger partial charge in [0, 0.05) is 18.5 Å². The van der Waals surface area contributed by atoms with Gasteiger partial charge in [-0.2, -0.15) is 0 Å². The van der Waals surface area contributed by atoms with Gasteiger partial charge in [-0.05, 0) is 40.8 Å². The van der Waals surface area contributed by atoms with Crippen molar-refractivity contribution in [1.82, 2.24) is 10.6 Å². The van der Waals surface area contributed by atoms with Crippen LogP contribution in [0.2, 0.25) is 0 Å². The molecule has 0 aliphatic carbocycles. The molecule has 2 amide bonds. The third-order valence-corrected chi connectivity index (χ3v) is 3.43. The summed E-state index contributed by atoms with van der Waals surface area (Å²) in [4.78, 5) is 22.8. The summed E-state index contributed by atoms with van der Waals surface area (Å²) in [6.07, 6.45) is 0.308. The van der Waals surface area contributed by atoms with E-state index in [4.69, 9.17) is 0 Å². The Morgan fingerprint density at radius 3 is 2.88 bits per heavy atom. The number of phenolic OH excluding ortho intramolecular Hbond substituents is 1. The minimum Gasteiger partial charge on any atom is -0.507 e. The summed E-state index contributed by atoms with van der Waals surface area (Å²) < 4.78 is 0.692. The Balaban J connectivity index is 2.04. The van der Waals surface area contributed by atoms with Crippen LogP contribution in [0.4, 0.5) is 0 Å². The van der Waals surface area contributed by atoms with E-state index in [-0.39, 0.29) is 23.6 Å². The van der Waals surface area contributed by atoms with E-state index >= 15 is 0 Å². The van der Waals surface area contributed by atoms with Crippen LogP contribution in [0.15, 0.2) is 18.2 Å². The average Bonchev–Trinajstić information content (AvgIpc) is 2.68. The molecule has 3 N–H and O–H groups in total. The van der Waals surface area contributed by atoms with E-state index in [0.717, 1.165) is 0 Å². The Morgan fingerprint density at radius 1 is 1.53 bits per heavy atom. The number of halogens is 1. The molecule has 5 nitrogen and oxygen atoms in total. The van der Waals surface area contributed by atoms with Gasteiger partial charge in [-0.1, -0.05) is 0 Å². The molecule has 90 valence electrons. The predicted molar refractivity (Wildman–Crippen MR) is 69.7 cm³/mol. The van der Waals surface area contributed by atoms with E-state index < -0.39 is 0 Å². The first-order valence-corrected chi connectivity index (χ1v) is 6.20. The quantitative estimate of drug-likeness (QED) is 0.687. The van der Waals surface area contributed by atoms with Gasteiger partial charge in [0.25, 0.3) is 5.91 Å². The molecule has 0 radical (unpaired) electrons. The van der Waals surface area contributed by atoms with Crippen molar-refractivity contribution in [2.24, 2.45) is 0 Å². The molecular formula is C11H11IN2O3. The Bertz CT molecular complexity index is 476. The summed E-state index contributed by atoms with van der Waals surface area (Å²) in [5, 5.41) is 14.9. The van der Waals surface area contributed by atoms with Crippen LogP contribution in [0.1, 0.15) is 16.8 Å². The average molecular weight is 346 g/mol. The van der Waals surface area contributed by atoms with Crippen LogP contribution in [0.3, 0.4) is 0 Å². The maximum atomic E-state index is 11.8. The van der Waals surface area contributed by atoms with Crippen LogP contribution in [0.25, 0.3) is 0 Å². The molecule has 1 aliphatic rings. The molecule has 1 aromatic rings. The number of benzene rings is 1. The SMILES string of the molecule is O=C1CC(NC(=O)c2ccc(I)c(O)c2)CN1. The lowest BCUT2D eigenvalue weighted by atomic mass is 10.2. The van der Waals surface area contributed by atoms with E-state index in [1.165, 1.54) is 6.07 Å². The molecule has 2 rings (SSSR count). The van der Waals surface area contributed by atoms with Crippen LogP contribution >= 0.6 is 22.6 Å². The van der Waals surface area contributed by atoms with Crippen molar-refractivity contribution < 1.29 is 14.7 Å². The fourth-order valence-electron chi connectivity index (χ4n) is 1.63. The van der Waals surface area contributed by atoms with Crippen LogP contribution in [-0.4, -0.2) is 29.5 Å². The Labute approximate surface area is 112 Å². The van der Waals surface area contributed by atoms with E-state index in [9.17, 15) is 14.7 Å². The van der Waals surface area contributed by atoms with Gasteiger partial charge >= 0.3 is 0 Å². The Morgan fingerprint density at radius 2 is 2.29 bits per heavy atom. The number of amides is 2. The molecule has 0 saturated carbocycles. The van der Waals surface area contributed by atoms with Gasteiger partial charge in [-0.3, -0.25) is 9.59 Å². The minimum atomic E-state index is -0.279. The summed E-state index contributed by atoms with van der Waals surface area (Å²) in [5.41, 5.74) is 0.391. The van der Waals surface area contributed by atoms with Crippen molar-refractivity contribution in [1.29, 1.82) is 0 Å². The molecule has 0 bridgehead atoms. The smallest absolute Gasteiger partial charge is 0.251 e. The first-order chi connectivity index (χ1) is 8.06. The van der Waals surface area contributed by atoms with E-state index in [2.05, 4.69) is 10.6 Å². The van der Waals surface area contributed by atoms with Crippen LogP contribution in [0, 0.1) is 3.57 Å². The molecule has 17 heavy (non-hydrogen) atoms. The second-order valence-corrected chi connectivity index (χ2v) is 5.01. The van der Waals surface area contributed by atoms with Crippen molar-refractivity contribution in [3.8, 4) is 5.75 Å². The van der Waals surface area contributed by atoms with Crippen LogP contribution in [-0.2, 0) is 4.79 Å². The first-order valence-electron chi connectivity index (χ1n) is 5.12. The highest BCUT2D eigenvalue weighted by Gasteiger charge is 2.23. The molecule has 1 fully saturated rings. The van der Waals surface area contributed by atoms with Gasteiger partial charge in [0.1, 0.15) is 5.75 Å². The molecule has 1 unspecified atom stereocenters. The maximum Gasteiger partial charge on any atom is 0.251 e. The molecular weight excluding hydrogens is 335 g/mol. The van der Waals surface area contributed by atoms with Gasteiger partial charge in [0.15, 0.2) is 0 Å². The second kappa shape index (κ2) is 4.91. The number of nitrogens with one attached hydrogen (secondary N) is 2. The topological polar surface area (TPSA) is 78.4 Å². The number of phenols is 1. The van der Waals surface area contributed by atoms with Gasteiger partial charge in [-0.15, -0.1) is 0 Å². The fraction of sp³-hybridized carbons (Fsp3) is 0.273. The van der Waals surface area contributed by atoms with E-state index in [1.807, 2.05) is 22.6 Å². The van der Waals surface area contributed by atoms with Gasteiger partial charge in [0.2, 0.25) is 5.91 Å². The number of aromatic hydroxyl groups is 1.